The molecule has 1 aromatic heterocycles. The SMILES string of the molecule is CCCC(C)NC(=O)COC(=O)c1cc(S(=O)(=O)NCc2ccco2)c(Cl)cc1Cl. The summed E-state index contributed by atoms with van der Waals surface area (Å²) in [4.78, 5) is 23.9. The van der Waals surface area contributed by atoms with E-state index in [1.165, 1.54) is 6.26 Å². The summed E-state index contributed by atoms with van der Waals surface area (Å²) in [6.07, 6.45) is 3.09. The third kappa shape index (κ3) is 6.73. The van der Waals surface area contributed by atoms with Crippen LogP contribution in [0.25, 0.3) is 0 Å². The van der Waals surface area contributed by atoms with Gasteiger partial charge in [-0.1, -0.05) is 36.5 Å². The molecule has 1 aromatic carbocycles. The number of esters is 1. The van der Waals surface area contributed by atoms with Crippen LogP contribution in [0.3, 0.4) is 0 Å². The summed E-state index contributed by atoms with van der Waals surface area (Å²) in [7, 11) is -4.08. The molecule has 8 nitrogen and oxygen atoms in total. The van der Waals surface area contributed by atoms with Crippen molar-refractivity contribution in [2.24, 2.45) is 0 Å². The first-order chi connectivity index (χ1) is 14.1. The molecule has 0 saturated carbocycles. The number of carbonyl (C=O) groups excluding carboxylic acids is 2. The van der Waals surface area contributed by atoms with Gasteiger partial charge in [-0.25, -0.2) is 17.9 Å². The van der Waals surface area contributed by atoms with Crippen LogP contribution in [0.5, 0.6) is 0 Å². The zero-order chi connectivity index (χ0) is 22.3. The number of rotatable bonds is 10. The monoisotopic (exact) mass is 476 g/mol. The Morgan fingerprint density at radius 2 is 1.97 bits per heavy atom. The van der Waals surface area contributed by atoms with E-state index >= 15 is 0 Å². The predicted octanol–water partition coefficient (Wildman–Crippen LogP) is 3.53. The van der Waals surface area contributed by atoms with Crippen molar-refractivity contribution < 1.29 is 27.2 Å². The first-order valence-corrected chi connectivity index (χ1v) is 11.4. The molecule has 1 heterocycles. The van der Waals surface area contributed by atoms with Crippen LogP contribution in [0.1, 0.15) is 42.8 Å². The molecule has 1 amide bonds. The van der Waals surface area contributed by atoms with Crippen LogP contribution in [0, 0.1) is 0 Å². The van der Waals surface area contributed by atoms with Gasteiger partial charge in [0.25, 0.3) is 5.91 Å². The van der Waals surface area contributed by atoms with E-state index in [1.807, 2.05) is 13.8 Å². The third-order valence-corrected chi connectivity index (χ3v) is 6.19. The molecule has 2 rings (SSSR count). The van der Waals surface area contributed by atoms with Crippen molar-refractivity contribution >= 4 is 45.1 Å². The van der Waals surface area contributed by atoms with Crippen LogP contribution in [-0.2, 0) is 26.1 Å². The minimum Gasteiger partial charge on any atom is -0.468 e. The fourth-order valence-electron chi connectivity index (χ4n) is 2.58. The summed E-state index contributed by atoms with van der Waals surface area (Å²) < 4.78 is 37.5. The van der Waals surface area contributed by atoms with E-state index in [0.717, 1.165) is 25.0 Å². The van der Waals surface area contributed by atoms with Crippen LogP contribution < -0.4 is 10.0 Å². The van der Waals surface area contributed by atoms with E-state index in [-0.39, 0.29) is 33.1 Å². The third-order valence-electron chi connectivity index (χ3n) is 4.01. The van der Waals surface area contributed by atoms with E-state index in [2.05, 4.69) is 10.0 Å². The van der Waals surface area contributed by atoms with Crippen molar-refractivity contribution in [3.8, 4) is 0 Å². The molecule has 0 aliphatic heterocycles. The smallest absolute Gasteiger partial charge is 0.340 e. The van der Waals surface area contributed by atoms with Gasteiger partial charge in [-0.05, 0) is 37.6 Å². The van der Waals surface area contributed by atoms with Crippen molar-refractivity contribution in [1.29, 1.82) is 0 Å². The summed E-state index contributed by atoms with van der Waals surface area (Å²) in [6.45, 7) is 3.20. The number of halogens is 2. The zero-order valence-corrected chi connectivity index (χ0v) is 18.7. The average Bonchev–Trinajstić information content (AvgIpc) is 3.18. The molecule has 0 aliphatic rings. The maximum Gasteiger partial charge on any atom is 0.340 e. The lowest BCUT2D eigenvalue weighted by Gasteiger charge is -2.14. The molecule has 0 spiro atoms. The number of carbonyl (C=O) groups is 2. The highest BCUT2D eigenvalue weighted by atomic mass is 35.5. The number of hydrogen-bond acceptors (Lipinski definition) is 6. The van der Waals surface area contributed by atoms with Gasteiger partial charge in [-0.2, -0.15) is 0 Å². The van der Waals surface area contributed by atoms with Crippen LogP contribution in [0.15, 0.2) is 39.8 Å². The maximum absolute atomic E-state index is 12.6. The normalized spacial score (nSPS) is 12.4. The fourth-order valence-corrected chi connectivity index (χ4v) is 4.42. The lowest BCUT2D eigenvalue weighted by Crippen LogP contribution is -2.35. The van der Waals surface area contributed by atoms with E-state index < -0.39 is 28.5 Å². The molecule has 0 aliphatic carbocycles. The van der Waals surface area contributed by atoms with E-state index in [1.54, 1.807) is 12.1 Å². The predicted molar refractivity (Wildman–Crippen MR) is 112 cm³/mol. The lowest BCUT2D eigenvalue weighted by atomic mass is 10.2. The Morgan fingerprint density at radius 1 is 1.23 bits per heavy atom. The van der Waals surface area contributed by atoms with E-state index in [4.69, 9.17) is 32.4 Å². The first kappa shape index (κ1) is 24.2. The van der Waals surface area contributed by atoms with Crippen LogP contribution in [-0.4, -0.2) is 32.9 Å². The van der Waals surface area contributed by atoms with Gasteiger partial charge in [0.15, 0.2) is 6.61 Å². The summed E-state index contributed by atoms with van der Waals surface area (Å²) in [5, 5.41) is 2.42. The second-order valence-electron chi connectivity index (χ2n) is 6.50. The molecule has 2 N–H and O–H groups in total. The number of nitrogens with one attached hydrogen (secondary N) is 2. The zero-order valence-electron chi connectivity index (χ0n) is 16.4. The molecular weight excluding hydrogens is 455 g/mol. The molecular formula is C19H22Cl2N2O6S. The Balaban J connectivity index is 2.11. The Labute approximate surface area is 184 Å². The first-order valence-electron chi connectivity index (χ1n) is 9.11. The van der Waals surface area contributed by atoms with Crippen molar-refractivity contribution in [2.45, 2.75) is 44.2 Å². The maximum atomic E-state index is 12.6. The highest BCUT2D eigenvalue weighted by Crippen LogP contribution is 2.29. The van der Waals surface area contributed by atoms with Crippen molar-refractivity contribution in [3.05, 3.63) is 51.9 Å². The number of sulfonamides is 1. The van der Waals surface area contributed by atoms with Crippen molar-refractivity contribution in [1.82, 2.24) is 10.0 Å². The van der Waals surface area contributed by atoms with Gasteiger partial charge in [0.1, 0.15) is 10.7 Å². The Morgan fingerprint density at radius 3 is 2.60 bits per heavy atom. The summed E-state index contributed by atoms with van der Waals surface area (Å²) in [6, 6.07) is 5.30. The molecule has 11 heteroatoms. The minimum atomic E-state index is -4.08. The number of ether oxygens (including phenoxy) is 1. The molecule has 30 heavy (non-hydrogen) atoms. The molecule has 1 unspecified atom stereocenters. The van der Waals surface area contributed by atoms with E-state index in [0.29, 0.717) is 5.76 Å². The standard InChI is InChI=1S/C19H22Cl2N2O6S/c1-3-5-12(2)23-18(24)11-29-19(25)14-8-17(16(21)9-15(14)20)30(26,27)22-10-13-6-4-7-28-13/h4,6-9,12,22H,3,5,10-11H2,1-2H3,(H,23,24). The quantitative estimate of drug-likeness (QED) is 0.506. The molecule has 0 saturated heterocycles. The van der Waals surface area contributed by atoms with Gasteiger partial charge in [-0.15, -0.1) is 0 Å². The summed E-state index contributed by atoms with van der Waals surface area (Å²) >= 11 is 12.1. The molecule has 2 aromatic rings. The van der Waals surface area contributed by atoms with Gasteiger partial charge in [-0.3, -0.25) is 4.79 Å². The van der Waals surface area contributed by atoms with Gasteiger partial charge in [0.05, 0.1) is 28.4 Å². The molecule has 0 bridgehead atoms. The van der Waals surface area contributed by atoms with E-state index in [9.17, 15) is 18.0 Å². The number of amides is 1. The topological polar surface area (TPSA) is 115 Å². The highest BCUT2D eigenvalue weighted by molar-refractivity contribution is 7.89. The largest absolute Gasteiger partial charge is 0.468 e. The van der Waals surface area contributed by atoms with Gasteiger partial charge in [0, 0.05) is 6.04 Å². The van der Waals surface area contributed by atoms with Crippen LogP contribution in [0.2, 0.25) is 10.0 Å². The number of benzene rings is 1. The minimum absolute atomic E-state index is 0.0581. The van der Waals surface area contributed by atoms with Crippen molar-refractivity contribution in [3.63, 3.8) is 0 Å². The average molecular weight is 477 g/mol. The summed E-state index contributed by atoms with van der Waals surface area (Å²) in [5.74, 6) is -1.02. The molecule has 0 fully saturated rings. The van der Waals surface area contributed by atoms with Crippen LogP contribution in [0.4, 0.5) is 0 Å². The molecule has 1 atom stereocenters. The van der Waals surface area contributed by atoms with Crippen molar-refractivity contribution in [2.75, 3.05) is 6.61 Å². The molecule has 164 valence electrons. The second-order valence-corrected chi connectivity index (χ2v) is 9.05. The second kappa shape index (κ2) is 10.8. The van der Waals surface area contributed by atoms with Crippen LogP contribution >= 0.6 is 23.2 Å². The lowest BCUT2D eigenvalue weighted by molar-refractivity contribution is -0.124. The van der Waals surface area contributed by atoms with Gasteiger partial charge < -0.3 is 14.5 Å². The molecule has 0 radical (unpaired) electrons. The number of furan rings is 1. The van der Waals surface area contributed by atoms with Gasteiger partial charge >= 0.3 is 5.97 Å². The Hall–Kier alpha value is -2.07. The fraction of sp³-hybridized carbons (Fsp3) is 0.368. The Bertz CT molecular complexity index is 993. The Kier molecular flexibility index (Phi) is 8.72. The number of hydrogen-bond donors (Lipinski definition) is 2. The summed E-state index contributed by atoms with van der Waals surface area (Å²) in [5.41, 5.74) is -0.228. The highest BCUT2D eigenvalue weighted by Gasteiger charge is 2.24. The van der Waals surface area contributed by atoms with Gasteiger partial charge in [0.2, 0.25) is 10.0 Å².